The van der Waals surface area contributed by atoms with Crippen LogP contribution in [0.1, 0.15) is 13.8 Å². The largest absolute Gasteiger partial charge is 0.343 e. The van der Waals surface area contributed by atoms with Gasteiger partial charge in [-0.05, 0) is 13.8 Å². The lowest BCUT2D eigenvalue weighted by molar-refractivity contribution is 0.710. The second-order valence-corrected chi connectivity index (χ2v) is 3.91. The number of hydrogen-bond donors (Lipinski definition) is 0. The molecule has 15 heavy (non-hydrogen) atoms. The molecular weight excluding hydrogens is 190 g/mol. The number of hydrogen-bond acceptors (Lipinski definition) is 4. The number of rotatable bonds is 2. The van der Waals surface area contributed by atoms with Gasteiger partial charge in [-0.25, -0.2) is 15.0 Å². The summed E-state index contributed by atoms with van der Waals surface area (Å²) in [6.07, 6.45) is 3.28. The highest BCUT2D eigenvalue weighted by Crippen LogP contribution is 2.18. The third-order valence-corrected chi connectivity index (χ3v) is 2.60. The lowest BCUT2D eigenvalue weighted by Crippen LogP contribution is -2.28. The lowest BCUT2D eigenvalue weighted by Gasteiger charge is -2.22. The lowest BCUT2D eigenvalue weighted by atomic mass is 10.4. The Morgan fingerprint density at radius 1 is 1.40 bits per heavy atom. The van der Waals surface area contributed by atoms with Gasteiger partial charge >= 0.3 is 0 Å². The molecular formula is C10H15N5. The van der Waals surface area contributed by atoms with Crippen LogP contribution in [0.4, 0.5) is 5.95 Å². The molecule has 0 saturated heterocycles. The Labute approximate surface area is 88.8 Å². The van der Waals surface area contributed by atoms with Crippen molar-refractivity contribution in [3.8, 4) is 0 Å². The van der Waals surface area contributed by atoms with E-state index in [1.807, 2.05) is 18.7 Å². The van der Waals surface area contributed by atoms with Gasteiger partial charge in [-0.3, -0.25) is 4.57 Å². The van der Waals surface area contributed by atoms with E-state index in [0.29, 0.717) is 6.04 Å². The molecule has 0 amide bonds. The van der Waals surface area contributed by atoms with Gasteiger partial charge in [-0.1, -0.05) is 0 Å². The summed E-state index contributed by atoms with van der Waals surface area (Å²) in [5.74, 6) is 0.917. The van der Waals surface area contributed by atoms with Crippen LogP contribution in [0.3, 0.4) is 0 Å². The molecule has 0 aromatic carbocycles. The van der Waals surface area contributed by atoms with Gasteiger partial charge in [-0.15, -0.1) is 0 Å². The molecule has 0 aliphatic rings. The van der Waals surface area contributed by atoms with Gasteiger partial charge in [-0.2, -0.15) is 0 Å². The van der Waals surface area contributed by atoms with E-state index in [2.05, 4.69) is 33.7 Å². The summed E-state index contributed by atoms with van der Waals surface area (Å²) in [7, 11) is 4.00. The maximum atomic E-state index is 4.50. The molecule has 2 aromatic rings. The molecule has 0 spiro atoms. The van der Waals surface area contributed by atoms with E-state index < -0.39 is 0 Å². The van der Waals surface area contributed by atoms with Gasteiger partial charge in [0.25, 0.3) is 0 Å². The van der Waals surface area contributed by atoms with Crippen molar-refractivity contribution >= 4 is 17.1 Å². The van der Waals surface area contributed by atoms with Crippen molar-refractivity contribution in [3.05, 3.63) is 12.5 Å². The molecule has 0 saturated carbocycles. The summed E-state index contributed by atoms with van der Waals surface area (Å²) >= 11 is 0. The zero-order valence-electron chi connectivity index (χ0n) is 9.47. The Kier molecular flexibility index (Phi) is 2.30. The van der Waals surface area contributed by atoms with Crippen molar-refractivity contribution < 1.29 is 0 Å². The number of imidazole rings is 1. The minimum atomic E-state index is 0.411. The topological polar surface area (TPSA) is 46.8 Å². The minimum absolute atomic E-state index is 0.411. The van der Waals surface area contributed by atoms with Crippen molar-refractivity contribution in [2.24, 2.45) is 7.05 Å². The first-order chi connectivity index (χ1) is 7.11. The summed E-state index contributed by atoms with van der Waals surface area (Å²) in [4.78, 5) is 14.8. The fourth-order valence-electron chi connectivity index (χ4n) is 1.48. The summed E-state index contributed by atoms with van der Waals surface area (Å²) in [5.41, 5.74) is 1.70. The highest BCUT2D eigenvalue weighted by molar-refractivity contribution is 5.73. The zero-order valence-corrected chi connectivity index (χ0v) is 9.47. The van der Waals surface area contributed by atoms with Crippen LogP contribution in [0, 0.1) is 0 Å². The molecule has 0 bridgehead atoms. The first kappa shape index (κ1) is 9.89. The molecule has 0 fully saturated rings. The highest BCUT2D eigenvalue weighted by Gasteiger charge is 2.14. The molecule has 0 atom stereocenters. The second-order valence-electron chi connectivity index (χ2n) is 3.91. The normalized spacial score (nSPS) is 11.3. The van der Waals surface area contributed by atoms with Crippen molar-refractivity contribution in [2.75, 3.05) is 11.9 Å². The van der Waals surface area contributed by atoms with Crippen LogP contribution in [0.2, 0.25) is 0 Å². The third-order valence-electron chi connectivity index (χ3n) is 2.60. The number of nitrogens with zero attached hydrogens (tertiary/aromatic N) is 5. The van der Waals surface area contributed by atoms with E-state index in [1.165, 1.54) is 0 Å². The minimum Gasteiger partial charge on any atom is -0.343 e. The van der Waals surface area contributed by atoms with Crippen LogP contribution in [-0.2, 0) is 7.05 Å². The molecule has 0 N–H and O–H groups in total. The SMILES string of the molecule is CC(C)N(C)c1nc2cncnc2n1C. The van der Waals surface area contributed by atoms with Crippen molar-refractivity contribution in [2.45, 2.75) is 19.9 Å². The Bertz CT molecular complexity index is 474. The summed E-state index contributed by atoms with van der Waals surface area (Å²) in [6.45, 7) is 4.26. The van der Waals surface area contributed by atoms with Gasteiger partial charge in [0.15, 0.2) is 5.65 Å². The van der Waals surface area contributed by atoms with Gasteiger partial charge in [0.05, 0.1) is 6.20 Å². The van der Waals surface area contributed by atoms with E-state index in [4.69, 9.17) is 0 Å². The summed E-state index contributed by atoms with van der Waals surface area (Å²) < 4.78 is 1.98. The van der Waals surface area contributed by atoms with Crippen LogP contribution in [0.5, 0.6) is 0 Å². The Balaban J connectivity index is 2.58. The first-order valence-corrected chi connectivity index (χ1v) is 4.96. The maximum Gasteiger partial charge on any atom is 0.207 e. The fraction of sp³-hybridized carbons (Fsp3) is 0.500. The smallest absolute Gasteiger partial charge is 0.207 e. The van der Waals surface area contributed by atoms with Crippen LogP contribution >= 0.6 is 0 Å². The van der Waals surface area contributed by atoms with Gasteiger partial charge in [0.1, 0.15) is 11.8 Å². The molecule has 2 aromatic heterocycles. The third kappa shape index (κ3) is 1.54. The van der Waals surface area contributed by atoms with Gasteiger partial charge in [0, 0.05) is 20.1 Å². The Morgan fingerprint density at radius 2 is 2.13 bits per heavy atom. The van der Waals surface area contributed by atoms with Crippen LogP contribution in [0.25, 0.3) is 11.2 Å². The molecule has 0 unspecified atom stereocenters. The van der Waals surface area contributed by atoms with Crippen LogP contribution in [-0.4, -0.2) is 32.6 Å². The van der Waals surface area contributed by atoms with E-state index in [0.717, 1.165) is 17.1 Å². The fourth-order valence-corrected chi connectivity index (χ4v) is 1.48. The predicted molar refractivity (Wildman–Crippen MR) is 59.8 cm³/mol. The molecule has 2 heterocycles. The highest BCUT2D eigenvalue weighted by atomic mass is 15.3. The standard InChI is InChI=1S/C10H15N5/c1-7(2)14(3)10-13-8-5-11-6-12-9(8)15(10)4/h5-7H,1-4H3. The predicted octanol–water partition coefficient (Wildman–Crippen LogP) is 1.21. The molecule has 2 rings (SSSR count). The van der Waals surface area contributed by atoms with E-state index in [-0.39, 0.29) is 0 Å². The number of aromatic nitrogens is 4. The molecule has 0 radical (unpaired) electrons. The van der Waals surface area contributed by atoms with Crippen LogP contribution < -0.4 is 4.90 Å². The van der Waals surface area contributed by atoms with Gasteiger partial charge in [0.2, 0.25) is 5.95 Å². The summed E-state index contributed by atoms with van der Waals surface area (Å²) in [5, 5.41) is 0. The van der Waals surface area contributed by atoms with Crippen molar-refractivity contribution in [1.29, 1.82) is 0 Å². The first-order valence-electron chi connectivity index (χ1n) is 4.96. The zero-order chi connectivity index (χ0) is 11.0. The van der Waals surface area contributed by atoms with Crippen molar-refractivity contribution in [3.63, 3.8) is 0 Å². The molecule has 5 nitrogen and oxygen atoms in total. The van der Waals surface area contributed by atoms with E-state index >= 15 is 0 Å². The van der Waals surface area contributed by atoms with Gasteiger partial charge < -0.3 is 4.90 Å². The quantitative estimate of drug-likeness (QED) is 0.739. The Hall–Kier alpha value is -1.65. The molecule has 0 aliphatic carbocycles. The maximum absolute atomic E-state index is 4.50. The number of aryl methyl sites for hydroxylation is 1. The average molecular weight is 205 g/mol. The molecule has 80 valence electrons. The van der Waals surface area contributed by atoms with Crippen LogP contribution in [0.15, 0.2) is 12.5 Å². The Morgan fingerprint density at radius 3 is 2.73 bits per heavy atom. The number of fused-ring (bicyclic) bond motifs is 1. The summed E-state index contributed by atoms with van der Waals surface area (Å²) in [6, 6.07) is 0.411. The second kappa shape index (κ2) is 3.49. The number of anilines is 1. The monoisotopic (exact) mass is 205 g/mol. The van der Waals surface area contributed by atoms with E-state index in [1.54, 1.807) is 12.5 Å². The van der Waals surface area contributed by atoms with E-state index in [9.17, 15) is 0 Å². The average Bonchev–Trinajstić information content (AvgIpc) is 2.56. The molecule has 5 heteroatoms. The van der Waals surface area contributed by atoms with Crippen molar-refractivity contribution in [1.82, 2.24) is 19.5 Å². The molecule has 0 aliphatic heterocycles.